The van der Waals surface area contributed by atoms with Crippen molar-refractivity contribution in [1.29, 1.82) is 5.26 Å². The highest BCUT2D eigenvalue weighted by molar-refractivity contribution is 6.07. The molecule has 3 rings (SSSR count). The van der Waals surface area contributed by atoms with Gasteiger partial charge in [0.25, 0.3) is 11.8 Å². The molecule has 30 heavy (non-hydrogen) atoms. The van der Waals surface area contributed by atoms with Crippen LogP contribution >= 0.6 is 0 Å². The van der Waals surface area contributed by atoms with Crippen LogP contribution in [0, 0.1) is 11.3 Å². The van der Waals surface area contributed by atoms with Crippen molar-refractivity contribution in [3.63, 3.8) is 0 Å². The Morgan fingerprint density at radius 2 is 2.20 bits per heavy atom. The maximum atomic E-state index is 13.5. The number of fused-ring (bicyclic) bond motifs is 1. The molecular weight excluding hydrogens is 396 g/mol. The number of amides is 2. The zero-order valence-electron chi connectivity index (χ0n) is 16.1. The Labute approximate surface area is 171 Å². The van der Waals surface area contributed by atoms with Crippen LogP contribution in [0.3, 0.4) is 0 Å². The number of hydrogen-bond donors (Lipinski definition) is 2. The van der Waals surface area contributed by atoms with E-state index < -0.39 is 43.3 Å². The molecule has 1 aliphatic heterocycles. The summed E-state index contributed by atoms with van der Waals surface area (Å²) in [6, 6.07) is 7.09. The molecule has 8 nitrogen and oxygen atoms in total. The Morgan fingerprint density at radius 1 is 1.40 bits per heavy atom. The Morgan fingerprint density at radius 3 is 2.93 bits per heavy atom. The number of pyridine rings is 1. The monoisotopic (exact) mass is 417 g/mol. The Bertz CT molecular complexity index is 992. The first kappa shape index (κ1) is 21.4. The molecule has 1 aromatic heterocycles. The lowest BCUT2D eigenvalue weighted by Crippen LogP contribution is -2.43. The number of nitrogens with two attached hydrogens (primary N) is 1. The molecule has 1 aromatic carbocycles. The number of halogens is 2. The van der Waals surface area contributed by atoms with Crippen molar-refractivity contribution in [3.8, 4) is 11.8 Å². The molecule has 0 bridgehead atoms. The van der Waals surface area contributed by atoms with E-state index in [0.29, 0.717) is 36.2 Å². The van der Waals surface area contributed by atoms with Gasteiger partial charge in [0.1, 0.15) is 11.8 Å². The molecule has 2 amide bonds. The quantitative estimate of drug-likeness (QED) is 0.658. The largest absolute Gasteiger partial charge is 0.494 e. The number of carbonyl (C=O) groups excluding carboxylic acids is 2. The number of nitrogens with zero attached hydrogens (tertiary/aromatic N) is 3. The van der Waals surface area contributed by atoms with Crippen molar-refractivity contribution in [2.75, 3.05) is 26.2 Å². The molecule has 3 N–H and O–H groups in total. The zero-order valence-corrected chi connectivity index (χ0v) is 16.1. The van der Waals surface area contributed by atoms with E-state index in [-0.39, 0.29) is 5.56 Å². The van der Waals surface area contributed by atoms with E-state index in [1.165, 1.54) is 12.3 Å². The fourth-order valence-electron chi connectivity index (χ4n) is 3.23. The first-order valence-electron chi connectivity index (χ1n) is 9.41. The summed E-state index contributed by atoms with van der Waals surface area (Å²) < 4.78 is 32.6. The Balaban J connectivity index is 1.71. The average Bonchev–Trinajstić information content (AvgIpc) is 3.06. The molecule has 0 unspecified atom stereocenters. The van der Waals surface area contributed by atoms with Gasteiger partial charge in [-0.1, -0.05) is 0 Å². The van der Waals surface area contributed by atoms with Gasteiger partial charge in [0.05, 0.1) is 36.8 Å². The highest BCUT2D eigenvalue weighted by Gasteiger charge is 2.47. The first-order valence-corrected chi connectivity index (χ1v) is 9.41. The second-order valence-electron chi connectivity index (χ2n) is 6.94. The van der Waals surface area contributed by atoms with Crippen molar-refractivity contribution >= 4 is 22.7 Å². The Hall–Kier alpha value is -3.32. The summed E-state index contributed by atoms with van der Waals surface area (Å²) in [5, 5.41) is 12.0. The van der Waals surface area contributed by atoms with E-state index in [2.05, 4.69) is 10.3 Å². The number of hydrogen-bond acceptors (Lipinski definition) is 6. The van der Waals surface area contributed by atoms with E-state index >= 15 is 0 Å². The molecule has 10 heteroatoms. The van der Waals surface area contributed by atoms with Gasteiger partial charge in [-0.05, 0) is 37.2 Å². The number of likely N-dealkylation sites (tertiary alicyclic amines) is 1. The third-order valence-electron chi connectivity index (χ3n) is 4.71. The van der Waals surface area contributed by atoms with Crippen molar-refractivity contribution in [2.24, 2.45) is 5.73 Å². The van der Waals surface area contributed by atoms with Crippen LogP contribution in [-0.2, 0) is 4.79 Å². The van der Waals surface area contributed by atoms with E-state index in [0.717, 1.165) is 4.90 Å². The van der Waals surface area contributed by atoms with Gasteiger partial charge in [-0.15, -0.1) is 0 Å². The van der Waals surface area contributed by atoms with Crippen LogP contribution in [0.2, 0.25) is 0 Å². The summed E-state index contributed by atoms with van der Waals surface area (Å²) in [4.78, 5) is 29.9. The highest BCUT2D eigenvalue weighted by atomic mass is 19.3. The number of nitrogens with one attached hydrogen (secondary N) is 1. The van der Waals surface area contributed by atoms with Crippen molar-refractivity contribution in [3.05, 3.63) is 36.0 Å². The van der Waals surface area contributed by atoms with Gasteiger partial charge < -0.3 is 20.7 Å². The average molecular weight is 417 g/mol. The molecule has 0 radical (unpaired) electrons. The lowest BCUT2D eigenvalue weighted by Gasteiger charge is -2.19. The van der Waals surface area contributed by atoms with Crippen LogP contribution < -0.4 is 15.8 Å². The van der Waals surface area contributed by atoms with Crippen LogP contribution in [0.4, 0.5) is 8.78 Å². The number of rotatable bonds is 7. The van der Waals surface area contributed by atoms with Crippen molar-refractivity contribution < 1.29 is 23.1 Å². The second-order valence-corrected chi connectivity index (χ2v) is 6.94. The molecule has 1 saturated heterocycles. The normalized spacial score (nSPS) is 17.5. The topological polar surface area (TPSA) is 121 Å². The zero-order chi connectivity index (χ0) is 21.7. The predicted octanol–water partition coefficient (Wildman–Crippen LogP) is 1.45. The van der Waals surface area contributed by atoms with E-state index in [4.69, 9.17) is 15.7 Å². The SMILES string of the molecule is N#C[C@@H]1CC(F)(F)CN1C(=O)CNC(=O)c1ccnc2ccc(OCCCN)cc12. The standard InChI is InChI=1S/C20H21F2N5O3/c21-20(22)9-13(10-24)27(12-20)18(28)11-26-19(29)15-4-6-25-17-3-2-14(8-16(15)17)30-7-1-5-23/h2-4,6,8,13H,1,5,7,9,11-12,23H2,(H,26,29)/t13-/m0/s1. The van der Waals surface area contributed by atoms with Gasteiger partial charge in [0.15, 0.2) is 0 Å². The van der Waals surface area contributed by atoms with E-state index in [9.17, 15) is 18.4 Å². The highest BCUT2D eigenvalue weighted by Crippen LogP contribution is 2.31. The molecule has 0 saturated carbocycles. The fraction of sp³-hybridized carbons (Fsp3) is 0.400. The van der Waals surface area contributed by atoms with Crippen LogP contribution in [-0.4, -0.2) is 59.9 Å². The van der Waals surface area contributed by atoms with Crippen LogP contribution in [0.5, 0.6) is 5.75 Å². The number of nitriles is 1. The van der Waals surface area contributed by atoms with Crippen LogP contribution in [0.1, 0.15) is 23.2 Å². The lowest BCUT2D eigenvalue weighted by molar-refractivity contribution is -0.131. The summed E-state index contributed by atoms with van der Waals surface area (Å²) in [7, 11) is 0. The summed E-state index contributed by atoms with van der Waals surface area (Å²) >= 11 is 0. The molecule has 1 fully saturated rings. The third-order valence-corrected chi connectivity index (χ3v) is 4.71. The minimum atomic E-state index is -3.11. The van der Waals surface area contributed by atoms with Gasteiger partial charge in [-0.3, -0.25) is 14.6 Å². The first-order chi connectivity index (χ1) is 14.3. The molecule has 1 atom stereocenters. The maximum absolute atomic E-state index is 13.5. The summed E-state index contributed by atoms with van der Waals surface area (Å²) in [5.41, 5.74) is 6.27. The van der Waals surface area contributed by atoms with Gasteiger partial charge >= 0.3 is 0 Å². The predicted molar refractivity (Wildman–Crippen MR) is 104 cm³/mol. The lowest BCUT2D eigenvalue weighted by atomic mass is 10.1. The van der Waals surface area contributed by atoms with Crippen molar-refractivity contribution in [2.45, 2.75) is 24.8 Å². The number of aromatic nitrogens is 1. The van der Waals surface area contributed by atoms with Gasteiger partial charge in [0, 0.05) is 18.0 Å². The number of alkyl halides is 2. The molecule has 2 heterocycles. The van der Waals surface area contributed by atoms with Crippen molar-refractivity contribution in [1.82, 2.24) is 15.2 Å². The smallest absolute Gasteiger partial charge is 0.268 e. The fourth-order valence-corrected chi connectivity index (χ4v) is 3.23. The molecule has 0 spiro atoms. The summed E-state index contributed by atoms with van der Waals surface area (Å²) in [6.45, 7) is -0.406. The number of benzene rings is 1. The third kappa shape index (κ3) is 4.80. The molecule has 1 aliphatic rings. The molecular formula is C20H21F2N5O3. The van der Waals surface area contributed by atoms with E-state index in [1.54, 1.807) is 24.3 Å². The molecule has 158 valence electrons. The summed E-state index contributed by atoms with van der Waals surface area (Å²) in [5.74, 6) is -3.86. The minimum absolute atomic E-state index is 0.264. The number of ether oxygens (including phenoxy) is 1. The Kier molecular flexibility index (Phi) is 6.42. The van der Waals surface area contributed by atoms with Gasteiger partial charge in [0.2, 0.25) is 5.91 Å². The maximum Gasteiger partial charge on any atom is 0.268 e. The van der Waals surface area contributed by atoms with Gasteiger partial charge in [-0.2, -0.15) is 5.26 Å². The second kappa shape index (κ2) is 9.00. The van der Waals surface area contributed by atoms with E-state index in [1.807, 2.05) is 0 Å². The van der Waals surface area contributed by atoms with Crippen LogP contribution in [0.25, 0.3) is 10.9 Å². The molecule has 0 aliphatic carbocycles. The minimum Gasteiger partial charge on any atom is -0.494 e. The van der Waals surface area contributed by atoms with Gasteiger partial charge in [-0.25, -0.2) is 8.78 Å². The number of carbonyl (C=O) groups is 2. The summed E-state index contributed by atoms with van der Waals surface area (Å²) in [6.07, 6.45) is 1.44. The molecule has 2 aromatic rings. The van der Waals surface area contributed by atoms with Crippen LogP contribution in [0.15, 0.2) is 30.5 Å².